The molecule has 1 aromatic heterocycles. The van der Waals surface area contributed by atoms with Crippen LogP contribution in [-0.2, 0) is 15.1 Å². The molecule has 0 bridgehead atoms. The molecule has 0 spiro atoms. The number of aliphatic hydroxyl groups excluding tert-OH is 1. The molecular formula is C34H41N3O7. The first-order valence-corrected chi connectivity index (χ1v) is 14.8. The minimum atomic E-state index is -1.98. The highest BCUT2D eigenvalue weighted by atomic mass is 16.5. The first kappa shape index (κ1) is 32.7. The van der Waals surface area contributed by atoms with Crippen molar-refractivity contribution >= 4 is 16.9 Å². The molecule has 0 saturated heterocycles. The average Bonchev–Trinajstić information content (AvgIpc) is 3.02. The van der Waals surface area contributed by atoms with Crippen LogP contribution in [0.2, 0.25) is 0 Å². The van der Waals surface area contributed by atoms with E-state index in [1.165, 1.54) is 12.1 Å². The SMILES string of the molecule is CN(C)CCOC(=O)[C@](O)(c1ccccc1)c1cccc(OCCCCCNC[C@H](O)c2ccc(O)c3[nH]c(=O)ccc23)c1. The summed E-state index contributed by atoms with van der Waals surface area (Å²) >= 11 is 0. The second-order valence-electron chi connectivity index (χ2n) is 11.0. The number of H-pyrrole nitrogens is 1. The minimum absolute atomic E-state index is 0.0412. The van der Waals surface area contributed by atoms with Crippen LogP contribution >= 0.6 is 0 Å². The van der Waals surface area contributed by atoms with Gasteiger partial charge in [0.25, 0.3) is 0 Å². The third-order valence-electron chi connectivity index (χ3n) is 7.38. The van der Waals surface area contributed by atoms with Crippen molar-refractivity contribution in [3.8, 4) is 11.5 Å². The van der Waals surface area contributed by atoms with Gasteiger partial charge in [0.1, 0.15) is 18.1 Å². The van der Waals surface area contributed by atoms with Crippen molar-refractivity contribution in [2.24, 2.45) is 0 Å². The molecule has 0 aliphatic rings. The average molecular weight is 604 g/mol. The predicted molar refractivity (Wildman–Crippen MR) is 169 cm³/mol. The monoisotopic (exact) mass is 603 g/mol. The Kier molecular flexibility index (Phi) is 11.5. The van der Waals surface area contributed by atoms with E-state index in [2.05, 4.69) is 10.3 Å². The molecule has 4 rings (SSSR count). The standard InChI is InChI=1S/C34H41N3O7/c1-37(2)19-21-44-33(41)34(42,24-10-5-3-6-11-24)25-12-9-13-26(22-25)43-20-8-4-7-18-35-23-30(39)27-14-16-29(38)32-28(27)15-17-31(40)36-32/h3,5-6,9-17,22,30,35,38-39,42H,4,7-8,18-21,23H2,1-2H3,(H,36,40)/t30-,34-/m0/s1. The molecule has 0 fully saturated rings. The largest absolute Gasteiger partial charge is 0.506 e. The van der Waals surface area contributed by atoms with Crippen molar-refractivity contribution < 1.29 is 29.6 Å². The number of nitrogens with zero attached hydrogens (tertiary/aromatic N) is 1. The number of fused-ring (bicyclic) bond motifs is 1. The van der Waals surface area contributed by atoms with E-state index in [0.717, 1.165) is 19.3 Å². The number of carbonyl (C=O) groups is 1. The van der Waals surface area contributed by atoms with Crippen LogP contribution < -0.4 is 15.6 Å². The number of benzene rings is 3. The molecule has 234 valence electrons. The Labute approximate surface area is 256 Å². The Hall–Kier alpha value is -4.22. The molecule has 1 heterocycles. The maximum atomic E-state index is 13.2. The normalized spacial score (nSPS) is 13.5. The molecule has 4 aromatic rings. The van der Waals surface area contributed by atoms with Crippen LogP contribution in [0.4, 0.5) is 0 Å². The van der Waals surface area contributed by atoms with Crippen molar-refractivity contribution in [2.75, 3.05) is 46.9 Å². The van der Waals surface area contributed by atoms with E-state index in [1.807, 2.05) is 25.1 Å². The Morgan fingerprint density at radius 3 is 2.50 bits per heavy atom. The number of rotatable bonds is 16. The highest BCUT2D eigenvalue weighted by molar-refractivity contribution is 5.87. The van der Waals surface area contributed by atoms with Gasteiger partial charge in [-0.3, -0.25) is 4.79 Å². The van der Waals surface area contributed by atoms with Crippen LogP contribution in [0.5, 0.6) is 11.5 Å². The zero-order valence-corrected chi connectivity index (χ0v) is 25.2. The molecule has 2 atom stereocenters. The molecule has 0 radical (unpaired) electrons. The zero-order chi connectivity index (χ0) is 31.5. The number of phenolic OH excluding ortho intramolecular Hbond substituents is 1. The van der Waals surface area contributed by atoms with Gasteiger partial charge in [-0.15, -0.1) is 0 Å². The van der Waals surface area contributed by atoms with Gasteiger partial charge in [-0.2, -0.15) is 0 Å². The lowest BCUT2D eigenvalue weighted by atomic mass is 9.86. The van der Waals surface area contributed by atoms with Gasteiger partial charge in [0.2, 0.25) is 11.2 Å². The summed E-state index contributed by atoms with van der Waals surface area (Å²) in [6.45, 7) is 2.17. The first-order valence-electron chi connectivity index (χ1n) is 14.8. The summed E-state index contributed by atoms with van der Waals surface area (Å²) in [7, 11) is 3.76. The van der Waals surface area contributed by atoms with E-state index < -0.39 is 17.7 Å². The number of aromatic amines is 1. The lowest BCUT2D eigenvalue weighted by Crippen LogP contribution is -2.39. The van der Waals surface area contributed by atoms with Crippen molar-refractivity contribution in [1.29, 1.82) is 0 Å². The van der Waals surface area contributed by atoms with E-state index >= 15 is 0 Å². The number of aliphatic hydroxyl groups is 2. The van der Waals surface area contributed by atoms with Gasteiger partial charge in [-0.05, 0) is 75.3 Å². The fourth-order valence-corrected chi connectivity index (χ4v) is 4.94. The summed E-state index contributed by atoms with van der Waals surface area (Å²) in [5.74, 6) is -0.240. The van der Waals surface area contributed by atoms with Crippen LogP contribution in [0.3, 0.4) is 0 Å². The van der Waals surface area contributed by atoms with Gasteiger partial charge in [-0.25, -0.2) is 4.79 Å². The maximum Gasteiger partial charge on any atom is 0.347 e. The summed E-state index contributed by atoms with van der Waals surface area (Å²) in [4.78, 5) is 29.3. The molecule has 0 aliphatic heterocycles. The zero-order valence-electron chi connectivity index (χ0n) is 25.2. The number of phenols is 1. The lowest BCUT2D eigenvalue weighted by molar-refractivity contribution is -0.162. The Morgan fingerprint density at radius 1 is 0.955 bits per heavy atom. The van der Waals surface area contributed by atoms with E-state index in [4.69, 9.17) is 9.47 Å². The fourth-order valence-electron chi connectivity index (χ4n) is 4.94. The molecule has 0 amide bonds. The molecule has 10 heteroatoms. The Balaban J connectivity index is 1.25. The lowest BCUT2D eigenvalue weighted by Gasteiger charge is -2.27. The summed E-state index contributed by atoms with van der Waals surface area (Å²) in [5.41, 5.74) is -0.585. The van der Waals surface area contributed by atoms with Crippen molar-refractivity contribution in [2.45, 2.75) is 31.0 Å². The molecule has 5 N–H and O–H groups in total. The van der Waals surface area contributed by atoms with Gasteiger partial charge < -0.3 is 40.0 Å². The van der Waals surface area contributed by atoms with Crippen LogP contribution in [0.1, 0.15) is 42.1 Å². The Morgan fingerprint density at radius 2 is 1.73 bits per heavy atom. The maximum absolute atomic E-state index is 13.2. The summed E-state index contributed by atoms with van der Waals surface area (Å²) in [5, 5.41) is 36.3. The van der Waals surface area contributed by atoms with Gasteiger partial charge in [0.05, 0.1) is 18.2 Å². The second-order valence-corrected chi connectivity index (χ2v) is 11.0. The quantitative estimate of drug-likeness (QED) is 0.0961. The van der Waals surface area contributed by atoms with E-state index in [0.29, 0.717) is 59.6 Å². The molecule has 0 saturated carbocycles. The van der Waals surface area contributed by atoms with Crippen LogP contribution in [0.25, 0.3) is 10.9 Å². The van der Waals surface area contributed by atoms with Crippen molar-refractivity contribution in [3.05, 3.63) is 106 Å². The van der Waals surface area contributed by atoms with Crippen LogP contribution in [-0.4, -0.2) is 78.1 Å². The number of aromatic nitrogens is 1. The molecule has 44 heavy (non-hydrogen) atoms. The topological polar surface area (TPSA) is 144 Å². The summed E-state index contributed by atoms with van der Waals surface area (Å²) in [6.07, 6.45) is 1.74. The number of ether oxygens (including phenoxy) is 2. The second kappa shape index (κ2) is 15.5. The Bertz CT molecular complexity index is 1570. The number of carbonyl (C=O) groups excluding carboxylic acids is 1. The minimum Gasteiger partial charge on any atom is -0.506 e. The smallest absolute Gasteiger partial charge is 0.347 e. The molecule has 0 unspecified atom stereocenters. The number of likely N-dealkylation sites (N-methyl/N-ethyl adjacent to an activating group) is 1. The molecular weight excluding hydrogens is 562 g/mol. The van der Waals surface area contributed by atoms with Crippen LogP contribution in [0, 0.1) is 0 Å². The van der Waals surface area contributed by atoms with Crippen LogP contribution in [0.15, 0.2) is 83.7 Å². The van der Waals surface area contributed by atoms with Crippen molar-refractivity contribution in [1.82, 2.24) is 15.2 Å². The summed E-state index contributed by atoms with van der Waals surface area (Å²) < 4.78 is 11.4. The van der Waals surface area contributed by atoms with E-state index in [9.17, 15) is 24.9 Å². The highest BCUT2D eigenvalue weighted by Gasteiger charge is 2.42. The molecule has 0 aliphatic carbocycles. The number of esters is 1. The molecule has 10 nitrogen and oxygen atoms in total. The number of nitrogens with one attached hydrogen (secondary N) is 2. The summed E-state index contributed by atoms with van der Waals surface area (Å²) in [6, 6.07) is 21.7. The third-order valence-corrected chi connectivity index (χ3v) is 7.38. The number of hydrogen-bond acceptors (Lipinski definition) is 9. The number of pyridine rings is 1. The molecule has 3 aromatic carbocycles. The number of unbranched alkanes of at least 4 members (excludes halogenated alkanes) is 2. The number of hydrogen-bond donors (Lipinski definition) is 5. The van der Waals surface area contributed by atoms with Gasteiger partial charge in [0.15, 0.2) is 0 Å². The van der Waals surface area contributed by atoms with Gasteiger partial charge in [-0.1, -0.05) is 48.5 Å². The fraction of sp³-hybridized carbons (Fsp3) is 0.353. The van der Waals surface area contributed by atoms with E-state index in [-0.39, 0.29) is 17.9 Å². The third kappa shape index (κ3) is 8.23. The van der Waals surface area contributed by atoms with Crippen molar-refractivity contribution in [3.63, 3.8) is 0 Å². The predicted octanol–water partition coefficient (Wildman–Crippen LogP) is 3.45. The first-order chi connectivity index (χ1) is 21.2. The highest BCUT2D eigenvalue weighted by Crippen LogP contribution is 2.33. The van der Waals surface area contributed by atoms with Gasteiger partial charge in [0, 0.05) is 30.1 Å². The van der Waals surface area contributed by atoms with E-state index in [1.54, 1.807) is 60.7 Å². The van der Waals surface area contributed by atoms with Gasteiger partial charge >= 0.3 is 5.97 Å². The number of aromatic hydroxyl groups is 1.